The summed E-state index contributed by atoms with van der Waals surface area (Å²) in [5, 5.41) is 4.80. The Balaban J connectivity index is 1.64. The van der Waals surface area contributed by atoms with Gasteiger partial charge in [0.1, 0.15) is 11.8 Å². The van der Waals surface area contributed by atoms with Crippen molar-refractivity contribution in [3.63, 3.8) is 0 Å². The van der Waals surface area contributed by atoms with Gasteiger partial charge in [0, 0.05) is 21.2 Å². The van der Waals surface area contributed by atoms with Gasteiger partial charge in [0.15, 0.2) is 5.78 Å². The number of hydrogen-bond acceptors (Lipinski definition) is 6. The van der Waals surface area contributed by atoms with Gasteiger partial charge < -0.3 is 19.9 Å². The lowest BCUT2D eigenvalue weighted by atomic mass is 10.0. The molecule has 2 atom stereocenters. The number of nitrogens with one attached hydrogen (secondary N) is 1. The summed E-state index contributed by atoms with van der Waals surface area (Å²) in [5.41, 5.74) is 2.67. The third kappa shape index (κ3) is 6.48. The van der Waals surface area contributed by atoms with Crippen LogP contribution in [0.25, 0.3) is 10.8 Å². The maximum absolute atomic E-state index is 14.5. The highest BCUT2D eigenvalue weighted by Gasteiger charge is 2.38. The van der Waals surface area contributed by atoms with Crippen LogP contribution in [-0.2, 0) is 16.1 Å². The van der Waals surface area contributed by atoms with E-state index in [0.29, 0.717) is 28.3 Å². The molecule has 0 saturated heterocycles. The Labute approximate surface area is 270 Å². The van der Waals surface area contributed by atoms with Crippen LogP contribution in [0, 0.1) is 0 Å². The highest BCUT2D eigenvalue weighted by molar-refractivity contribution is 9.10. The molecule has 232 valence electrons. The van der Waals surface area contributed by atoms with Gasteiger partial charge in [-0.3, -0.25) is 24.1 Å². The van der Waals surface area contributed by atoms with Gasteiger partial charge in [-0.25, -0.2) is 0 Å². The molecule has 0 bridgehead atoms. The van der Waals surface area contributed by atoms with Gasteiger partial charge in [-0.2, -0.15) is 0 Å². The second-order valence-corrected chi connectivity index (χ2v) is 12.2. The van der Waals surface area contributed by atoms with Crippen LogP contribution in [0.15, 0.2) is 83.3 Å². The van der Waals surface area contributed by atoms with E-state index in [-0.39, 0.29) is 36.6 Å². The fourth-order valence-electron chi connectivity index (χ4n) is 5.44. The molecule has 0 aliphatic carbocycles. The molecule has 3 amide bonds. The van der Waals surface area contributed by atoms with Gasteiger partial charge in [0.25, 0.3) is 11.8 Å². The predicted octanol–water partition coefficient (Wildman–Crippen LogP) is 5.44. The first-order valence-electron chi connectivity index (χ1n) is 14.5. The van der Waals surface area contributed by atoms with Gasteiger partial charge in [-0.05, 0) is 81.2 Å². The van der Waals surface area contributed by atoms with E-state index in [1.54, 1.807) is 74.3 Å². The zero-order valence-electron chi connectivity index (χ0n) is 25.8. The first-order chi connectivity index (χ1) is 21.5. The quantitative estimate of drug-likeness (QED) is 0.251. The molecule has 5 rings (SSSR count). The average molecular weight is 672 g/mol. The molecule has 0 radical (unpaired) electrons. The minimum Gasteiger partial charge on any atom is -0.496 e. The Morgan fingerprint density at radius 2 is 1.64 bits per heavy atom. The lowest BCUT2D eigenvalue weighted by molar-refractivity contribution is -0.129. The van der Waals surface area contributed by atoms with E-state index in [1.165, 1.54) is 11.8 Å². The topological polar surface area (TPSA) is 99.3 Å². The Hall–Kier alpha value is -4.54. The first kappa shape index (κ1) is 31.9. The van der Waals surface area contributed by atoms with Crippen molar-refractivity contribution < 1.29 is 23.9 Å². The van der Waals surface area contributed by atoms with Gasteiger partial charge in [-0.15, -0.1) is 0 Å². The lowest BCUT2D eigenvalue weighted by Crippen LogP contribution is -2.55. The summed E-state index contributed by atoms with van der Waals surface area (Å²) in [6, 6.07) is 21.8. The summed E-state index contributed by atoms with van der Waals surface area (Å²) in [6.07, 6.45) is 0. The number of methoxy groups -OCH3 is 1. The number of para-hydroxylation sites is 2. The standard InChI is InChI=1S/C35H35BrN4O5/c1-21(38(3)4)33(42)37-29-20-40(34(43)24-12-10-23(11-13-24)22(2)41)31-9-7-6-8-30(31)39(35(29)44)19-28-27-16-15-26(36)18-25(27)14-17-32(28)45-5/h6-18,21,29H,19-20H2,1-5H3,(H,37,42)/t21?,29-/m0/s1. The summed E-state index contributed by atoms with van der Waals surface area (Å²) in [4.78, 5) is 58.7. The van der Waals surface area contributed by atoms with Crippen LogP contribution in [0.3, 0.4) is 0 Å². The number of nitrogens with zero attached hydrogens (tertiary/aromatic N) is 3. The maximum atomic E-state index is 14.5. The van der Waals surface area contributed by atoms with Crippen molar-refractivity contribution in [1.82, 2.24) is 10.2 Å². The van der Waals surface area contributed by atoms with E-state index in [2.05, 4.69) is 21.2 Å². The number of ketones is 1. The van der Waals surface area contributed by atoms with Crippen LogP contribution in [0.1, 0.15) is 40.1 Å². The number of Topliss-reactive ketones (excluding diaryl/α,β-unsaturated/α-hetero) is 1. The lowest BCUT2D eigenvalue weighted by Gasteiger charge is -2.28. The maximum Gasteiger partial charge on any atom is 0.258 e. The number of ether oxygens (including phenoxy) is 1. The normalized spacial score (nSPS) is 15.4. The molecule has 10 heteroatoms. The molecular weight excluding hydrogens is 636 g/mol. The molecule has 1 aliphatic rings. The van der Waals surface area contributed by atoms with E-state index in [4.69, 9.17) is 4.74 Å². The molecule has 4 aromatic carbocycles. The molecule has 1 N–H and O–H groups in total. The second kappa shape index (κ2) is 13.2. The van der Waals surface area contributed by atoms with Gasteiger partial charge in [0.05, 0.1) is 37.6 Å². The third-order valence-corrected chi connectivity index (χ3v) is 8.73. The number of hydrogen-bond donors (Lipinski definition) is 1. The second-order valence-electron chi connectivity index (χ2n) is 11.3. The SMILES string of the molecule is COc1ccc2cc(Br)ccc2c1CN1C(=O)[C@@H](NC(=O)C(C)N(C)C)CN(C(=O)c2ccc(C(C)=O)cc2)c2ccccc21. The highest BCUT2D eigenvalue weighted by Crippen LogP contribution is 2.38. The Bertz CT molecular complexity index is 1790. The number of rotatable bonds is 8. The number of carbonyl (C=O) groups is 4. The first-order valence-corrected chi connectivity index (χ1v) is 15.3. The monoisotopic (exact) mass is 670 g/mol. The van der Waals surface area contributed by atoms with E-state index < -0.39 is 12.1 Å². The number of anilines is 2. The van der Waals surface area contributed by atoms with Crippen molar-refractivity contribution in [2.24, 2.45) is 0 Å². The van der Waals surface area contributed by atoms with Crippen molar-refractivity contribution in [2.75, 3.05) is 37.5 Å². The van der Waals surface area contributed by atoms with Crippen LogP contribution >= 0.6 is 15.9 Å². The molecule has 4 aromatic rings. The van der Waals surface area contributed by atoms with E-state index in [9.17, 15) is 19.2 Å². The fourth-order valence-corrected chi connectivity index (χ4v) is 5.82. The Morgan fingerprint density at radius 3 is 2.29 bits per heavy atom. The number of fused-ring (bicyclic) bond motifs is 2. The summed E-state index contributed by atoms with van der Waals surface area (Å²) < 4.78 is 6.68. The molecule has 9 nitrogen and oxygen atoms in total. The van der Waals surface area contributed by atoms with Crippen molar-refractivity contribution >= 4 is 61.6 Å². The third-order valence-electron chi connectivity index (χ3n) is 8.23. The van der Waals surface area contributed by atoms with Crippen molar-refractivity contribution in [1.29, 1.82) is 0 Å². The summed E-state index contributed by atoms with van der Waals surface area (Å²) in [6.45, 7) is 3.25. The van der Waals surface area contributed by atoms with E-state index in [1.807, 2.05) is 42.5 Å². The largest absolute Gasteiger partial charge is 0.496 e. The summed E-state index contributed by atoms with van der Waals surface area (Å²) in [7, 11) is 5.16. The fraction of sp³-hybridized carbons (Fsp3) is 0.257. The minimum absolute atomic E-state index is 0.0921. The Kier molecular flexibility index (Phi) is 9.36. The molecule has 45 heavy (non-hydrogen) atoms. The highest BCUT2D eigenvalue weighted by atomic mass is 79.9. The molecule has 0 fully saturated rings. The van der Waals surface area contributed by atoms with Gasteiger partial charge >= 0.3 is 0 Å². The molecule has 1 unspecified atom stereocenters. The number of halogens is 1. The molecule has 1 aliphatic heterocycles. The number of carbonyl (C=O) groups excluding carboxylic acids is 4. The zero-order chi connectivity index (χ0) is 32.4. The van der Waals surface area contributed by atoms with Crippen LogP contribution in [0.5, 0.6) is 5.75 Å². The van der Waals surface area contributed by atoms with Crippen LogP contribution < -0.4 is 19.9 Å². The van der Waals surface area contributed by atoms with Crippen molar-refractivity contribution in [2.45, 2.75) is 32.5 Å². The molecule has 0 aromatic heterocycles. The zero-order valence-corrected chi connectivity index (χ0v) is 27.4. The number of benzene rings is 4. The van der Waals surface area contributed by atoms with Crippen molar-refractivity contribution in [3.8, 4) is 5.75 Å². The smallest absolute Gasteiger partial charge is 0.258 e. The summed E-state index contributed by atoms with van der Waals surface area (Å²) >= 11 is 3.54. The summed E-state index contributed by atoms with van der Waals surface area (Å²) in [5.74, 6) is -0.557. The molecular formula is C35H35BrN4O5. The van der Waals surface area contributed by atoms with Gasteiger partial charge in [0.2, 0.25) is 5.91 Å². The Morgan fingerprint density at radius 1 is 0.978 bits per heavy atom. The van der Waals surface area contributed by atoms with E-state index >= 15 is 0 Å². The average Bonchev–Trinajstić information content (AvgIpc) is 3.14. The molecule has 1 heterocycles. The van der Waals surface area contributed by atoms with Crippen LogP contribution in [0.2, 0.25) is 0 Å². The predicted molar refractivity (Wildman–Crippen MR) is 179 cm³/mol. The van der Waals surface area contributed by atoms with Crippen molar-refractivity contribution in [3.05, 3.63) is 100 Å². The number of likely N-dealkylation sites (N-methyl/N-ethyl adjacent to an activating group) is 1. The van der Waals surface area contributed by atoms with Crippen LogP contribution in [-0.4, -0.2) is 68.2 Å². The molecule has 0 spiro atoms. The number of amides is 3. The van der Waals surface area contributed by atoms with E-state index in [0.717, 1.165) is 20.8 Å². The van der Waals surface area contributed by atoms with Crippen LogP contribution in [0.4, 0.5) is 11.4 Å². The minimum atomic E-state index is -1.05. The molecule has 0 saturated carbocycles. The van der Waals surface area contributed by atoms with Gasteiger partial charge in [-0.1, -0.05) is 52.3 Å².